The molecule has 0 saturated heterocycles. The summed E-state index contributed by atoms with van der Waals surface area (Å²) in [4.78, 5) is 0. The average Bonchev–Trinajstić information content (AvgIpc) is 2.75. The second kappa shape index (κ2) is 5.52. The predicted molar refractivity (Wildman–Crippen MR) is 76.8 cm³/mol. The maximum atomic E-state index is 10.3. The summed E-state index contributed by atoms with van der Waals surface area (Å²) in [6.45, 7) is 0. The standard InChI is InChI=1S/C12H10Br2O2S/c1-16-8-2-3-9(10(13)5-8)12(15)7-4-11(14)17-6-7/h2-6,12,15H,1H3. The van der Waals surface area contributed by atoms with E-state index in [-0.39, 0.29) is 0 Å². The largest absolute Gasteiger partial charge is 0.497 e. The number of rotatable bonds is 3. The van der Waals surface area contributed by atoms with Gasteiger partial charge in [0.05, 0.1) is 10.9 Å². The number of aliphatic hydroxyl groups excluding tert-OH is 1. The van der Waals surface area contributed by atoms with Gasteiger partial charge in [0.25, 0.3) is 0 Å². The Labute approximate surface area is 121 Å². The Morgan fingerprint density at radius 1 is 1.29 bits per heavy atom. The van der Waals surface area contributed by atoms with E-state index in [1.54, 1.807) is 18.4 Å². The maximum absolute atomic E-state index is 10.3. The van der Waals surface area contributed by atoms with E-state index >= 15 is 0 Å². The molecular weight excluding hydrogens is 368 g/mol. The van der Waals surface area contributed by atoms with Crippen LogP contribution in [0.15, 0.2) is 37.9 Å². The lowest BCUT2D eigenvalue weighted by Gasteiger charge is -2.12. The normalized spacial score (nSPS) is 12.5. The Balaban J connectivity index is 2.34. The highest BCUT2D eigenvalue weighted by atomic mass is 79.9. The smallest absolute Gasteiger partial charge is 0.120 e. The summed E-state index contributed by atoms with van der Waals surface area (Å²) in [6.07, 6.45) is -0.627. The van der Waals surface area contributed by atoms with Crippen molar-refractivity contribution in [3.05, 3.63) is 49.0 Å². The molecule has 1 atom stereocenters. The molecule has 1 aromatic carbocycles. The zero-order chi connectivity index (χ0) is 12.4. The minimum Gasteiger partial charge on any atom is -0.497 e. The van der Waals surface area contributed by atoms with Gasteiger partial charge in [-0.05, 0) is 50.6 Å². The second-order valence-corrected chi connectivity index (χ2v) is 6.62. The summed E-state index contributed by atoms with van der Waals surface area (Å²) < 4.78 is 6.97. The van der Waals surface area contributed by atoms with Crippen LogP contribution in [0.3, 0.4) is 0 Å². The van der Waals surface area contributed by atoms with Crippen LogP contribution in [0.5, 0.6) is 5.75 Å². The number of hydrogen-bond donors (Lipinski definition) is 1. The molecule has 2 rings (SSSR count). The van der Waals surface area contributed by atoms with Crippen LogP contribution in [0.25, 0.3) is 0 Å². The quantitative estimate of drug-likeness (QED) is 0.860. The molecule has 0 aliphatic rings. The summed E-state index contributed by atoms with van der Waals surface area (Å²) in [5.41, 5.74) is 1.71. The van der Waals surface area contributed by atoms with Crippen molar-refractivity contribution < 1.29 is 9.84 Å². The van der Waals surface area contributed by atoms with Crippen LogP contribution in [0.1, 0.15) is 17.2 Å². The van der Waals surface area contributed by atoms with Crippen LogP contribution in [0, 0.1) is 0 Å². The molecule has 1 N–H and O–H groups in total. The van der Waals surface area contributed by atoms with E-state index < -0.39 is 6.10 Å². The molecule has 90 valence electrons. The summed E-state index contributed by atoms with van der Waals surface area (Å²) in [7, 11) is 1.62. The monoisotopic (exact) mass is 376 g/mol. The van der Waals surface area contributed by atoms with E-state index in [1.807, 2.05) is 29.6 Å². The Bertz CT molecular complexity index is 525. The van der Waals surface area contributed by atoms with Crippen LogP contribution < -0.4 is 4.74 Å². The van der Waals surface area contributed by atoms with E-state index in [0.29, 0.717) is 0 Å². The van der Waals surface area contributed by atoms with Crippen molar-refractivity contribution in [1.29, 1.82) is 0 Å². The van der Waals surface area contributed by atoms with Crippen molar-refractivity contribution in [2.75, 3.05) is 7.11 Å². The van der Waals surface area contributed by atoms with Gasteiger partial charge in [0, 0.05) is 4.47 Å². The molecule has 0 spiro atoms. The fourth-order valence-electron chi connectivity index (χ4n) is 1.50. The highest BCUT2D eigenvalue weighted by Crippen LogP contribution is 2.34. The van der Waals surface area contributed by atoms with E-state index in [2.05, 4.69) is 31.9 Å². The molecule has 0 radical (unpaired) electrons. The van der Waals surface area contributed by atoms with Crippen LogP contribution in [-0.2, 0) is 0 Å². The first kappa shape index (κ1) is 13.1. The van der Waals surface area contributed by atoms with Crippen molar-refractivity contribution >= 4 is 43.2 Å². The summed E-state index contributed by atoms with van der Waals surface area (Å²) >= 11 is 8.39. The highest BCUT2D eigenvalue weighted by Gasteiger charge is 2.15. The molecule has 1 heterocycles. The zero-order valence-electron chi connectivity index (χ0n) is 8.98. The third-order valence-electron chi connectivity index (χ3n) is 2.41. The van der Waals surface area contributed by atoms with Gasteiger partial charge in [-0.25, -0.2) is 0 Å². The third kappa shape index (κ3) is 2.91. The van der Waals surface area contributed by atoms with E-state index in [4.69, 9.17) is 4.74 Å². The van der Waals surface area contributed by atoms with Gasteiger partial charge in [0.2, 0.25) is 0 Å². The molecule has 0 fully saturated rings. The fraction of sp³-hybridized carbons (Fsp3) is 0.167. The number of thiophene rings is 1. The van der Waals surface area contributed by atoms with Crippen molar-refractivity contribution in [3.8, 4) is 5.75 Å². The molecule has 0 bridgehead atoms. The SMILES string of the molecule is COc1ccc(C(O)c2csc(Br)c2)c(Br)c1. The second-order valence-electron chi connectivity index (χ2n) is 3.47. The number of aliphatic hydroxyl groups is 1. The minimum atomic E-state index is -0.627. The molecule has 2 nitrogen and oxygen atoms in total. The molecular formula is C12H10Br2O2S. The molecule has 0 amide bonds. The predicted octanol–water partition coefficient (Wildman–Crippen LogP) is 4.36. The highest BCUT2D eigenvalue weighted by molar-refractivity contribution is 9.11. The molecule has 0 saturated carbocycles. The topological polar surface area (TPSA) is 29.5 Å². The van der Waals surface area contributed by atoms with Crippen LogP contribution in [0.4, 0.5) is 0 Å². The van der Waals surface area contributed by atoms with E-state index in [0.717, 1.165) is 25.1 Å². The van der Waals surface area contributed by atoms with Gasteiger partial charge >= 0.3 is 0 Å². The Kier molecular flexibility index (Phi) is 4.25. The van der Waals surface area contributed by atoms with Crippen molar-refractivity contribution in [2.45, 2.75) is 6.10 Å². The third-order valence-corrected chi connectivity index (χ3v) is 4.62. The van der Waals surface area contributed by atoms with E-state index in [1.165, 1.54) is 0 Å². The minimum absolute atomic E-state index is 0.627. The summed E-state index contributed by atoms with van der Waals surface area (Å²) in [5, 5.41) is 12.2. The molecule has 2 aromatic rings. The van der Waals surface area contributed by atoms with E-state index in [9.17, 15) is 5.11 Å². The Morgan fingerprint density at radius 2 is 2.06 bits per heavy atom. The first-order valence-corrected chi connectivity index (χ1v) is 7.34. The zero-order valence-corrected chi connectivity index (χ0v) is 13.0. The molecule has 17 heavy (non-hydrogen) atoms. The lowest BCUT2D eigenvalue weighted by molar-refractivity contribution is 0.220. The first-order chi connectivity index (χ1) is 8.11. The Hall–Kier alpha value is -0.360. The van der Waals surface area contributed by atoms with Gasteiger partial charge in [-0.2, -0.15) is 0 Å². The lowest BCUT2D eigenvalue weighted by atomic mass is 10.0. The van der Waals surface area contributed by atoms with Crippen molar-refractivity contribution in [1.82, 2.24) is 0 Å². The molecule has 0 aliphatic carbocycles. The number of methoxy groups -OCH3 is 1. The van der Waals surface area contributed by atoms with Gasteiger partial charge in [0.15, 0.2) is 0 Å². The van der Waals surface area contributed by atoms with Gasteiger partial charge in [-0.1, -0.05) is 22.0 Å². The number of benzene rings is 1. The number of hydrogen-bond acceptors (Lipinski definition) is 3. The Morgan fingerprint density at radius 3 is 2.59 bits per heavy atom. The first-order valence-electron chi connectivity index (χ1n) is 4.87. The summed E-state index contributed by atoms with van der Waals surface area (Å²) in [5.74, 6) is 0.763. The number of ether oxygens (including phenoxy) is 1. The van der Waals surface area contributed by atoms with Crippen molar-refractivity contribution in [3.63, 3.8) is 0 Å². The average molecular weight is 378 g/mol. The molecule has 1 aromatic heterocycles. The molecule has 5 heteroatoms. The van der Waals surface area contributed by atoms with Gasteiger partial charge in [-0.3, -0.25) is 0 Å². The number of halogens is 2. The van der Waals surface area contributed by atoms with Crippen LogP contribution >= 0.6 is 43.2 Å². The fourth-order valence-corrected chi connectivity index (χ4v) is 3.27. The lowest BCUT2D eigenvalue weighted by Crippen LogP contribution is -1.99. The van der Waals surface area contributed by atoms with Crippen LogP contribution in [-0.4, -0.2) is 12.2 Å². The van der Waals surface area contributed by atoms with Crippen LogP contribution in [0.2, 0.25) is 0 Å². The molecule has 1 unspecified atom stereocenters. The maximum Gasteiger partial charge on any atom is 0.120 e. The van der Waals surface area contributed by atoms with Gasteiger partial charge < -0.3 is 9.84 Å². The molecule has 0 aliphatic heterocycles. The van der Waals surface area contributed by atoms with Gasteiger partial charge in [-0.15, -0.1) is 11.3 Å². The van der Waals surface area contributed by atoms with Gasteiger partial charge in [0.1, 0.15) is 11.9 Å². The summed E-state index contributed by atoms with van der Waals surface area (Å²) in [6, 6.07) is 7.47. The van der Waals surface area contributed by atoms with Crippen molar-refractivity contribution in [2.24, 2.45) is 0 Å².